The maximum absolute atomic E-state index is 12.0. The van der Waals surface area contributed by atoms with Crippen molar-refractivity contribution in [1.29, 1.82) is 0 Å². The molecule has 4 rings (SSSR count). The van der Waals surface area contributed by atoms with Gasteiger partial charge in [0.2, 0.25) is 0 Å². The van der Waals surface area contributed by atoms with Gasteiger partial charge in [-0.05, 0) is 66.4 Å². The lowest BCUT2D eigenvalue weighted by molar-refractivity contribution is -0.121. The van der Waals surface area contributed by atoms with Gasteiger partial charge in [-0.3, -0.25) is 4.79 Å². The molecule has 126 valence electrons. The second-order valence-corrected chi connectivity index (χ2v) is 8.66. The number of hydrogen-bond acceptors (Lipinski definition) is 3. The largest absolute Gasteiger partial charge is 0.395 e. The molecule has 3 heteroatoms. The van der Waals surface area contributed by atoms with E-state index in [1.807, 2.05) is 0 Å². The number of fused-ring (bicyclic) bond motifs is 5. The Morgan fingerprint density at radius 3 is 2.78 bits per heavy atom. The number of aliphatic hydroxyl groups excluding tert-OH is 2. The summed E-state index contributed by atoms with van der Waals surface area (Å²) in [7, 11) is 0. The summed E-state index contributed by atoms with van der Waals surface area (Å²) in [5, 5.41) is 20.9. The molecule has 0 aromatic heterocycles. The van der Waals surface area contributed by atoms with Gasteiger partial charge in [-0.25, -0.2) is 0 Å². The van der Waals surface area contributed by atoms with E-state index < -0.39 is 0 Å². The Kier molecular flexibility index (Phi) is 3.41. The first-order valence-corrected chi connectivity index (χ1v) is 9.15. The standard InChI is InChI=1S/C20H28O3/c1-12-9-14(22)10-13-3-4-15-16-5-6-18(23)19(16,2)8-7-17(15)20(12,13)11-21/h3-4,10,12,15-18,21,23H,5-9,11H2,1-2H3/t12-,15-,16-,17-,18-,19-,20-/m0/s1. The van der Waals surface area contributed by atoms with Crippen LogP contribution in [0.15, 0.2) is 23.8 Å². The van der Waals surface area contributed by atoms with Crippen molar-refractivity contribution in [3.63, 3.8) is 0 Å². The highest BCUT2D eigenvalue weighted by Gasteiger charge is 2.60. The number of carbonyl (C=O) groups is 1. The summed E-state index contributed by atoms with van der Waals surface area (Å²) in [4.78, 5) is 12.0. The van der Waals surface area contributed by atoms with Gasteiger partial charge in [-0.15, -0.1) is 0 Å². The highest BCUT2D eigenvalue weighted by Crippen LogP contribution is 2.64. The predicted molar refractivity (Wildman–Crippen MR) is 88.6 cm³/mol. The van der Waals surface area contributed by atoms with Crippen molar-refractivity contribution in [1.82, 2.24) is 0 Å². The van der Waals surface area contributed by atoms with Crippen LogP contribution in [0.25, 0.3) is 0 Å². The second-order valence-electron chi connectivity index (χ2n) is 8.66. The molecule has 0 radical (unpaired) electrons. The normalized spacial score (nSPS) is 51.7. The molecule has 0 bridgehead atoms. The van der Waals surface area contributed by atoms with Crippen molar-refractivity contribution in [2.75, 3.05) is 6.61 Å². The Labute approximate surface area is 138 Å². The predicted octanol–water partition coefficient (Wildman–Crippen LogP) is 2.87. The molecule has 0 aromatic carbocycles. The molecule has 7 atom stereocenters. The summed E-state index contributed by atoms with van der Waals surface area (Å²) < 4.78 is 0. The third-order valence-electron chi connectivity index (χ3n) is 7.94. The number of ketones is 1. The van der Waals surface area contributed by atoms with Crippen molar-refractivity contribution in [3.05, 3.63) is 23.8 Å². The van der Waals surface area contributed by atoms with Crippen molar-refractivity contribution >= 4 is 5.78 Å². The van der Waals surface area contributed by atoms with Gasteiger partial charge in [0.15, 0.2) is 5.78 Å². The van der Waals surface area contributed by atoms with E-state index in [4.69, 9.17) is 0 Å². The van der Waals surface area contributed by atoms with Crippen LogP contribution in [0, 0.1) is 34.5 Å². The van der Waals surface area contributed by atoms with Crippen LogP contribution >= 0.6 is 0 Å². The van der Waals surface area contributed by atoms with Crippen molar-refractivity contribution in [2.24, 2.45) is 34.5 Å². The minimum atomic E-state index is -0.262. The van der Waals surface area contributed by atoms with Gasteiger partial charge in [-0.1, -0.05) is 26.0 Å². The summed E-state index contributed by atoms with van der Waals surface area (Å²) in [6, 6.07) is 0. The molecule has 0 aliphatic heterocycles. The molecule has 0 aromatic rings. The fourth-order valence-electron chi connectivity index (χ4n) is 6.53. The first-order valence-electron chi connectivity index (χ1n) is 9.15. The van der Waals surface area contributed by atoms with Crippen LogP contribution in [-0.4, -0.2) is 28.7 Å². The lowest BCUT2D eigenvalue weighted by Crippen LogP contribution is -2.54. The molecule has 4 aliphatic rings. The number of carbonyl (C=O) groups excluding carboxylic acids is 1. The van der Waals surface area contributed by atoms with E-state index in [-0.39, 0.29) is 35.2 Å². The Morgan fingerprint density at radius 1 is 1.26 bits per heavy atom. The first kappa shape index (κ1) is 15.6. The van der Waals surface area contributed by atoms with Crippen LogP contribution in [0.4, 0.5) is 0 Å². The van der Waals surface area contributed by atoms with Crippen molar-refractivity contribution < 1.29 is 15.0 Å². The lowest BCUT2D eigenvalue weighted by atomic mass is 9.47. The van der Waals surface area contributed by atoms with Gasteiger partial charge < -0.3 is 10.2 Å². The molecule has 2 fully saturated rings. The van der Waals surface area contributed by atoms with Gasteiger partial charge in [-0.2, -0.15) is 0 Å². The van der Waals surface area contributed by atoms with E-state index in [1.54, 1.807) is 6.08 Å². The van der Waals surface area contributed by atoms with E-state index >= 15 is 0 Å². The van der Waals surface area contributed by atoms with Gasteiger partial charge in [0, 0.05) is 11.8 Å². The number of rotatable bonds is 1. The highest BCUT2D eigenvalue weighted by molar-refractivity contribution is 5.92. The molecular formula is C20H28O3. The Hall–Kier alpha value is -0.930. The third-order valence-corrected chi connectivity index (χ3v) is 7.94. The lowest BCUT2D eigenvalue weighted by Gasteiger charge is -2.58. The topological polar surface area (TPSA) is 57.5 Å². The van der Waals surface area contributed by atoms with Gasteiger partial charge >= 0.3 is 0 Å². The molecule has 0 heterocycles. The molecule has 2 saturated carbocycles. The van der Waals surface area contributed by atoms with Gasteiger partial charge in [0.25, 0.3) is 0 Å². The number of aliphatic hydroxyl groups is 2. The van der Waals surface area contributed by atoms with Crippen LogP contribution in [0.3, 0.4) is 0 Å². The number of hydrogen-bond donors (Lipinski definition) is 2. The molecule has 0 unspecified atom stereocenters. The van der Waals surface area contributed by atoms with Crippen LogP contribution in [0.5, 0.6) is 0 Å². The number of allylic oxidation sites excluding steroid dienone is 3. The average molecular weight is 316 g/mol. The SMILES string of the molecule is C[C@H]1CC(=O)C=C2C=C[C@H]3[C@@H]4CC[C@H](O)[C@@]4(C)CC[C@@H]3[C@]21CO. The summed E-state index contributed by atoms with van der Waals surface area (Å²) >= 11 is 0. The molecular weight excluding hydrogens is 288 g/mol. The van der Waals surface area contributed by atoms with Crippen LogP contribution < -0.4 is 0 Å². The quantitative estimate of drug-likeness (QED) is 0.782. The third kappa shape index (κ3) is 1.87. The maximum atomic E-state index is 12.0. The fraction of sp³-hybridized carbons (Fsp3) is 0.750. The summed E-state index contributed by atoms with van der Waals surface area (Å²) in [5.41, 5.74) is 0.811. The monoisotopic (exact) mass is 316 g/mol. The smallest absolute Gasteiger partial charge is 0.156 e. The minimum Gasteiger partial charge on any atom is -0.395 e. The molecule has 3 nitrogen and oxygen atoms in total. The molecule has 4 aliphatic carbocycles. The van der Waals surface area contributed by atoms with Crippen LogP contribution in [0.2, 0.25) is 0 Å². The summed E-state index contributed by atoms with van der Waals surface area (Å²) in [6.07, 6.45) is 10.6. The molecule has 0 amide bonds. The molecule has 0 saturated heterocycles. The van der Waals surface area contributed by atoms with E-state index in [2.05, 4.69) is 26.0 Å². The van der Waals surface area contributed by atoms with Gasteiger partial charge in [0.1, 0.15) is 0 Å². The molecule has 2 N–H and O–H groups in total. The van der Waals surface area contributed by atoms with Crippen LogP contribution in [0.1, 0.15) is 46.0 Å². The van der Waals surface area contributed by atoms with Gasteiger partial charge in [0.05, 0.1) is 12.7 Å². The average Bonchev–Trinajstić information content (AvgIpc) is 2.82. The maximum Gasteiger partial charge on any atom is 0.156 e. The zero-order valence-corrected chi connectivity index (χ0v) is 14.2. The molecule has 0 spiro atoms. The van der Waals surface area contributed by atoms with E-state index in [0.29, 0.717) is 24.2 Å². The van der Waals surface area contributed by atoms with E-state index in [1.165, 1.54) is 0 Å². The minimum absolute atomic E-state index is 0.0249. The summed E-state index contributed by atoms with van der Waals surface area (Å²) in [5.74, 6) is 1.70. The van der Waals surface area contributed by atoms with E-state index in [0.717, 1.165) is 31.3 Å². The van der Waals surface area contributed by atoms with Crippen molar-refractivity contribution in [2.45, 2.75) is 52.1 Å². The first-order chi connectivity index (χ1) is 10.9. The zero-order chi connectivity index (χ0) is 16.4. The Bertz CT molecular complexity index is 592. The Morgan fingerprint density at radius 2 is 2.04 bits per heavy atom. The van der Waals surface area contributed by atoms with Crippen molar-refractivity contribution in [3.8, 4) is 0 Å². The highest BCUT2D eigenvalue weighted by atomic mass is 16.3. The fourth-order valence-corrected chi connectivity index (χ4v) is 6.53. The molecule has 23 heavy (non-hydrogen) atoms. The van der Waals surface area contributed by atoms with E-state index in [9.17, 15) is 15.0 Å². The Balaban J connectivity index is 1.80. The zero-order valence-electron chi connectivity index (χ0n) is 14.2. The second kappa shape index (κ2) is 5.03. The summed E-state index contributed by atoms with van der Waals surface area (Å²) in [6.45, 7) is 4.52. The van der Waals surface area contributed by atoms with Crippen LogP contribution in [-0.2, 0) is 4.79 Å².